The van der Waals surface area contributed by atoms with Gasteiger partial charge in [0.25, 0.3) is 0 Å². The van der Waals surface area contributed by atoms with Crippen LogP contribution in [0.15, 0.2) is 16.7 Å². The van der Waals surface area contributed by atoms with Crippen LogP contribution in [0.4, 0.5) is 15.8 Å². The molecular weight excluding hydrogens is 287 g/mol. The van der Waals surface area contributed by atoms with Crippen molar-refractivity contribution in [1.82, 2.24) is 10.1 Å². The molecule has 1 amide bonds. The summed E-state index contributed by atoms with van der Waals surface area (Å²) < 4.78 is 19.1. The van der Waals surface area contributed by atoms with E-state index in [9.17, 15) is 9.18 Å². The van der Waals surface area contributed by atoms with Crippen molar-refractivity contribution in [3.8, 4) is 0 Å². The van der Waals surface area contributed by atoms with Gasteiger partial charge in [0.2, 0.25) is 11.8 Å². The van der Waals surface area contributed by atoms with E-state index in [1.807, 2.05) is 6.92 Å². The SMILES string of the molecule is CCCc1nc(CNc2cc3c(cc2F)NC(=O)CC3)no1. The lowest BCUT2D eigenvalue weighted by Gasteiger charge is -2.18. The van der Waals surface area contributed by atoms with Crippen LogP contribution in [0.5, 0.6) is 0 Å². The monoisotopic (exact) mass is 304 g/mol. The largest absolute Gasteiger partial charge is 0.375 e. The number of rotatable bonds is 5. The number of nitrogens with zero attached hydrogens (tertiary/aromatic N) is 2. The standard InChI is InChI=1S/C15H17FN4O2/c1-2-3-15-19-13(20-22-15)8-17-12-6-9-4-5-14(21)18-11(9)7-10(12)16/h6-7,17H,2-5,8H2,1H3,(H,18,21). The maximum Gasteiger partial charge on any atom is 0.226 e. The number of aromatic nitrogens is 2. The van der Waals surface area contributed by atoms with Gasteiger partial charge >= 0.3 is 0 Å². The number of amides is 1. The van der Waals surface area contributed by atoms with E-state index in [1.165, 1.54) is 6.07 Å². The summed E-state index contributed by atoms with van der Waals surface area (Å²) in [6.07, 6.45) is 2.70. The van der Waals surface area contributed by atoms with Gasteiger partial charge in [0, 0.05) is 18.5 Å². The zero-order chi connectivity index (χ0) is 15.5. The summed E-state index contributed by atoms with van der Waals surface area (Å²) in [5.41, 5.74) is 1.84. The van der Waals surface area contributed by atoms with Crippen LogP contribution in [0.25, 0.3) is 0 Å². The molecule has 116 valence electrons. The van der Waals surface area contributed by atoms with Gasteiger partial charge in [-0.3, -0.25) is 4.79 Å². The fourth-order valence-electron chi connectivity index (χ4n) is 2.39. The summed E-state index contributed by atoms with van der Waals surface area (Å²) in [4.78, 5) is 15.5. The summed E-state index contributed by atoms with van der Waals surface area (Å²) in [6, 6.07) is 3.06. The van der Waals surface area contributed by atoms with Crippen LogP contribution in [0.1, 0.15) is 37.0 Å². The first-order chi connectivity index (χ1) is 10.7. The topological polar surface area (TPSA) is 80.0 Å². The van der Waals surface area contributed by atoms with Crippen molar-refractivity contribution in [3.05, 3.63) is 35.2 Å². The molecule has 0 bridgehead atoms. The van der Waals surface area contributed by atoms with E-state index >= 15 is 0 Å². The van der Waals surface area contributed by atoms with Gasteiger partial charge in [0.1, 0.15) is 5.82 Å². The molecule has 0 radical (unpaired) electrons. The first-order valence-electron chi connectivity index (χ1n) is 7.33. The Hall–Kier alpha value is -2.44. The Morgan fingerprint density at radius 2 is 2.27 bits per heavy atom. The van der Waals surface area contributed by atoms with E-state index in [1.54, 1.807) is 6.07 Å². The van der Waals surface area contributed by atoms with E-state index in [0.717, 1.165) is 18.4 Å². The minimum absolute atomic E-state index is 0.0807. The summed E-state index contributed by atoms with van der Waals surface area (Å²) >= 11 is 0. The van der Waals surface area contributed by atoms with Crippen LogP contribution >= 0.6 is 0 Å². The number of anilines is 2. The van der Waals surface area contributed by atoms with Crippen molar-refractivity contribution < 1.29 is 13.7 Å². The number of aryl methyl sites for hydroxylation is 2. The molecule has 1 aliphatic heterocycles. The molecule has 0 saturated heterocycles. The van der Waals surface area contributed by atoms with Crippen LogP contribution in [0, 0.1) is 5.82 Å². The van der Waals surface area contributed by atoms with E-state index < -0.39 is 5.82 Å². The van der Waals surface area contributed by atoms with Gasteiger partial charge in [-0.2, -0.15) is 4.98 Å². The lowest BCUT2D eigenvalue weighted by Crippen LogP contribution is -2.19. The molecule has 0 fully saturated rings. The third kappa shape index (κ3) is 3.08. The maximum atomic E-state index is 14.1. The van der Waals surface area contributed by atoms with Crippen molar-refractivity contribution in [2.75, 3.05) is 10.6 Å². The summed E-state index contributed by atoms with van der Waals surface area (Å²) in [5.74, 6) is 0.586. The van der Waals surface area contributed by atoms with Crippen LogP contribution < -0.4 is 10.6 Å². The van der Waals surface area contributed by atoms with E-state index in [2.05, 4.69) is 20.8 Å². The maximum absolute atomic E-state index is 14.1. The lowest BCUT2D eigenvalue weighted by molar-refractivity contribution is -0.116. The fraction of sp³-hybridized carbons (Fsp3) is 0.400. The predicted octanol–water partition coefficient (Wildman–Crippen LogP) is 2.66. The predicted molar refractivity (Wildman–Crippen MR) is 79.0 cm³/mol. The minimum Gasteiger partial charge on any atom is -0.375 e. The quantitative estimate of drug-likeness (QED) is 0.887. The smallest absolute Gasteiger partial charge is 0.226 e. The van der Waals surface area contributed by atoms with Gasteiger partial charge < -0.3 is 15.2 Å². The highest BCUT2D eigenvalue weighted by Crippen LogP contribution is 2.28. The number of hydrogen-bond donors (Lipinski definition) is 2. The molecule has 22 heavy (non-hydrogen) atoms. The fourth-order valence-corrected chi connectivity index (χ4v) is 2.39. The molecule has 2 N–H and O–H groups in total. The third-order valence-corrected chi connectivity index (χ3v) is 3.50. The molecular formula is C15H17FN4O2. The molecule has 2 heterocycles. The molecule has 7 heteroatoms. The molecule has 0 saturated carbocycles. The third-order valence-electron chi connectivity index (χ3n) is 3.50. The minimum atomic E-state index is -0.418. The number of fused-ring (bicyclic) bond motifs is 1. The second-order valence-electron chi connectivity index (χ2n) is 5.25. The van der Waals surface area contributed by atoms with Gasteiger partial charge in [0.15, 0.2) is 5.82 Å². The normalized spacial score (nSPS) is 13.6. The highest BCUT2D eigenvalue weighted by atomic mass is 19.1. The molecule has 3 rings (SSSR count). The van der Waals surface area contributed by atoms with E-state index in [-0.39, 0.29) is 12.5 Å². The highest BCUT2D eigenvalue weighted by molar-refractivity contribution is 5.94. The van der Waals surface area contributed by atoms with Crippen molar-refractivity contribution in [3.63, 3.8) is 0 Å². The zero-order valence-electron chi connectivity index (χ0n) is 12.3. The zero-order valence-corrected chi connectivity index (χ0v) is 12.3. The first-order valence-corrected chi connectivity index (χ1v) is 7.33. The summed E-state index contributed by atoms with van der Waals surface area (Å²) in [7, 11) is 0. The number of carbonyl (C=O) groups excluding carboxylic acids is 1. The first kappa shape index (κ1) is 14.5. The van der Waals surface area contributed by atoms with Gasteiger partial charge in [-0.15, -0.1) is 0 Å². The van der Waals surface area contributed by atoms with E-state index in [0.29, 0.717) is 35.9 Å². The molecule has 0 spiro atoms. The summed E-state index contributed by atoms with van der Waals surface area (Å²) in [6.45, 7) is 2.32. The van der Waals surface area contributed by atoms with Crippen LogP contribution in [0.3, 0.4) is 0 Å². The number of nitrogens with one attached hydrogen (secondary N) is 2. The number of carbonyl (C=O) groups is 1. The molecule has 2 aromatic rings. The Morgan fingerprint density at radius 3 is 3.09 bits per heavy atom. The van der Waals surface area contributed by atoms with E-state index in [4.69, 9.17) is 4.52 Å². The van der Waals surface area contributed by atoms with Crippen LogP contribution in [-0.2, 0) is 24.2 Å². The number of halogens is 1. The van der Waals surface area contributed by atoms with Gasteiger partial charge in [-0.25, -0.2) is 4.39 Å². The molecule has 1 aromatic heterocycles. The van der Waals surface area contributed by atoms with Gasteiger partial charge in [-0.05, 0) is 30.5 Å². The Bertz CT molecular complexity index is 699. The molecule has 0 unspecified atom stereocenters. The molecule has 1 aliphatic rings. The van der Waals surface area contributed by atoms with Crippen molar-refractivity contribution >= 4 is 17.3 Å². The van der Waals surface area contributed by atoms with Gasteiger partial charge in [0.05, 0.1) is 12.2 Å². The van der Waals surface area contributed by atoms with Crippen LogP contribution in [-0.4, -0.2) is 16.0 Å². The number of benzene rings is 1. The lowest BCUT2D eigenvalue weighted by atomic mass is 10.0. The Labute approximate surface area is 127 Å². The highest BCUT2D eigenvalue weighted by Gasteiger charge is 2.17. The Morgan fingerprint density at radius 1 is 1.41 bits per heavy atom. The Kier molecular flexibility index (Phi) is 4.04. The second-order valence-corrected chi connectivity index (χ2v) is 5.25. The average Bonchev–Trinajstić information content (AvgIpc) is 2.93. The van der Waals surface area contributed by atoms with Crippen molar-refractivity contribution in [2.24, 2.45) is 0 Å². The Balaban J connectivity index is 1.70. The van der Waals surface area contributed by atoms with Gasteiger partial charge in [-0.1, -0.05) is 12.1 Å². The van der Waals surface area contributed by atoms with Crippen LogP contribution in [0.2, 0.25) is 0 Å². The average molecular weight is 304 g/mol. The molecule has 1 aromatic carbocycles. The molecule has 0 atom stereocenters. The molecule has 6 nitrogen and oxygen atoms in total. The summed E-state index contributed by atoms with van der Waals surface area (Å²) in [5, 5.41) is 9.49. The molecule has 0 aliphatic carbocycles. The second kappa shape index (κ2) is 6.13. The van der Waals surface area contributed by atoms with Crippen molar-refractivity contribution in [1.29, 1.82) is 0 Å². The van der Waals surface area contributed by atoms with Crippen molar-refractivity contribution in [2.45, 2.75) is 39.2 Å². The number of hydrogen-bond acceptors (Lipinski definition) is 5.